The van der Waals surface area contributed by atoms with Gasteiger partial charge in [0.05, 0.1) is 14.2 Å². The second-order valence-electron chi connectivity index (χ2n) is 4.12. The van der Waals surface area contributed by atoms with Crippen LogP contribution in [0.2, 0.25) is 0 Å². The molecule has 1 heterocycles. The van der Waals surface area contributed by atoms with Crippen molar-refractivity contribution in [1.29, 1.82) is 0 Å². The van der Waals surface area contributed by atoms with Crippen LogP contribution in [0.4, 0.5) is 0 Å². The van der Waals surface area contributed by atoms with Gasteiger partial charge in [-0.15, -0.1) is 0 Å². The smallest absolute Gasteiger partial charge is 0.341 e. The highest BCUT2D eigenvalue weighted by Gasteiger charge is 2.59. The van der Waals surface area contributed by atoms with Crippen LogP contribution in [0.1, 0.15) is 20.8 Å². The largest absolute Gasteiger partial charge is 0.467 e. The Morgan fingerprint density at radius 1 is 1.12 bits per heavy atom. The second kappa shape index (κ2) is 4.03. The average Bonchev–Trinajstić information content (AvgIpc) is 2.47. The maximum atomic E-state index is 11.6. The van der Waals surface area contributed by atoms with Gasteiger partial charge in [-0.2, -0.15) is 0 Å². The van der Waals surface area contributed by atoms with E-state index in [-0.39, 0.29) is 0 Å². The normalized spacial score (nSPS) is 32.2. The molecule has 0 bridgehead atoms. The Morgan fingerprint density at radius 2 is 1.69 bits per heavy atom. The third-order valence-electron chi connectivity index (χ3n) is 2.37. The quantitative estimate of drug-likeness (QED) is 0.635. The molecule has 2 atom stereocenters. The molecule has 92 valence electrons. The molecule has 1 aliphatic rings. The van der Waals surface area contributed by atoms with Crippen LogP contribution in [0.5, 0.6) is 0 Å². The lowest BCUT2D eigenvalue weighted by Gasteiger charge is -2.24. The van der Waals surface area contributed by atoms with Crippen LogP contribution in [0.15, 0.2) is 0 Å². The lowest BCUT2D eigenvalue weighted by atomic mass is 10.00. The first-order valence-electron chi connectivity index (χ1n) is 4.81. The SMILES string of the molecule is COC(=O)[C@H]1OC(C)(C)O[C@@]1(C)C(=O)OC. The van der Waals surface area contributed by atoms with Crippen molar-refractivity contribution in [2.45, 2.75) is 38.3 Å². The second-order valence-corrected chi connectivity index (χ2v) is 4.12. The molecule has 0 aromatic heterocycles. The van der Waals surface area contributed by atoms with Crippen molar-refractivity contribution in [3.8, 4) is 0 Å². The van der Waals surface area contributed by atoms with E-state index in [0.717, 1.165) is 0 Å². The molecule has 0 saturated carbocycles. The summed E-state index contributed by atoms with van der Waals surface area (Å²) in [7, 11) is 2.44. The first kappa shape index (κ1) is 12.9. The van der Waals surface area contributed by atoms with Gasteiger partial charge in [-0.1, -0.05) is 0 Å². The van der Waals surface area contributed by atoms with Gasteiger partial charge in [-0.05, 0) is 20.8 Å². The van der Waals surface area contributed by atoms with Crippen LogP contribution < -0.4 is 0 Å². The molecule has 0 N–H and O–H groups in total. The Morgan fingerprint density at radius 3 is 2.12 bits per heavy atom. The molecule has 16 heavy (non-hydrogen) atoms. The summed E-state index contributed by atoms with van der Waals surface area (Å²) in [6.07, 6.45) is -1.13. The van der Waals surface area contributed by atoms with E-state index < -0.39 is 29.4 Å². The van der Waals surface area contributed by atoms with Crippen LogP contribution in [0, 0.1) is 0 Å². The van der Waals surface area contributed by atoms with Gasteiger partial charge < -0.3 is 18.9 Å². The van der Waals surface area contributed by atoms with Crippen LogP contribution >= 0.6 is 0 Å². The molecule has 1 rings (SSSR count). The maximum Gasteiger partial charge on any atom is 0.341 e. The number of hydrogen-bond donors (Lipinski definition) is 0. The van der Waals surface area contributed by atoms with Gasteiger partial charge >= 0.3 is 11.9 Å². The van der Waals surface area contributed by atoms with Gasteiger partial charge in [0.25, 0.3) is 0 Å². The fourth-order valence-corrected chi connectivity index (χ4v) is 1.72. The van der Waals surface area contributed by atoms with Crippen molar-refractivity contribution < 1.29 is 28.5 Å². The average molecular weight is 232 g/mol. The number of esters is 2. The Balaban J connectivity index is 3.05. The molecule has 6 nitrogen and oxygen atoms in total. The first-order valence-corrected chi connectivity index (χ1v) is 4.81. The van der Waals surface area contributed by atoms with E-state index in [4.69, 9.17) is 9.47 Å². The Kier molecular flexibility index (Phi) is 3.25. The first-order chi connectivity index (χ1) is 7.27. The van der Waals surface area contributed by atoms with Crippen LogP contribution in [-0.4, -0.2) is 43.7 Å². The van der Waals surface area contributed by atoms with Gasteiger partial charge in [-0.25, -0.2) is 9.59 Å². The molecule has 1 saturated heterocycles. The topological polar surface area (TPSA) is 71.1 Å². The fraction of sp³-hybridized carbons (Fsp3) is 0.800. The number of carbonyl (C=O) groups is 2. The molecular formula is C10H16O6. The maximum absolute atomic E-state index is 11.6. The van der Waals surface area contributed by atoms with Crippen molar-refractivity contribution >= 4 is 11.9 Å². The molecule has 1 fully saturated rings. The molecule has 0 amide bonds. The molecule has 0 radical (unpaired) electrons. The summed E-state index contributed by atoms with van der Waals surface area (Å²) < 4.78 is 19.9. The predicted octanol–water partition coefficient (Wildman–Crippen LogP) is 0.243. The zero-order valence-electron chi connectivity index (χ0n) is 10.0. The predicted molar refractivity (Wildman–Crippen MR) is 52.5 cm³/mol. The summed E-state index contributed by atoms with van der Waals surface area (Å²) in [6.45, 7) is 4.66. The third kappa shape index (κ3) is 2.03. The molecule has 0 spiro atoms. The molecule has 0 aliphatic carbocycles. The van der Waals surface area contributed by atoms with E-state index in [2.05, 4.69) is 9.47 Å². The van der Waals surface area contributed by atoms with Crippen LogP contribution in [-0.2, 0) is 28.5 Å². The summed E-state index contributed by atoms with van der Waals surface area (Å²) in [5, 5.41) is 0. The van der Waals surface area contributed by atoms with E-state index in [1.165, 1.54) is 21.1 Å². The highest BCUT2D eigenvalue weighted by Crippen LogP contribution is 2.37. The molecule has 6 heteroatoms. The number of hydrogen-bond acceptors (Lipinski definition) is 6. The standard InChI is InChI=1S/C10H16O6/c1-9(2)15-6(7(11)13-4)10(3,16-9)8(12)14-5/h6H,1-5H3/t6-,10-/m1/s1. The summed E-state index contributed by atoms with van der Waals surface area (Å²) >= 11 is 0. The summed E-state index contributed by atoms with van der Waals surface area (Å²) in [6, 6.07) is 0. The Bertz CT molecular complexity index is 310. The van der Waals surface area contributed by atoms with Gasteiger partial charge in [-0.3, -0.25) is 0 Å². The minimum atomic E-state index is -1.48. The minimum absolute atomic E-state index is 0.668. The zero-order chi connectivity index (χ0) is 12.6. The third-order valence-corrected chi connectivity index (χ3v) is 2.37. The van der Waals surface area contributed by atoms with Gasteiger partial charge in [0.15, 0.2) is 11.9 Å². The Hall–Kier alpha value is -1.14. The number of carbonyl (C=O) groups excluding carboxylic acids is 2. The number of rotatable bonds is 2. The lowest BCUT2D eigenvalue weighted by molar-refractivity contribution is -0.184. The van der Waals surface area contributed by atoms with Crippen molar-refractivity contribution in [2.24, 2.45) is 0 Å². The zero-order valence-corrected chi connectivity index (χ0v) is 10.0. The van der Waals surface area contributed by atoms with E-state index in [9.17, 15) is 9.59 Å². The molecule has 0 unspecified atom stereocenters. The van der Waals surface area contributed by atoms with Crippen molar-refractivity contribution in [3.63, 3.8) is 0 Å². The van der Waals surface area contributed by atoms with Gasteiger partial charge in [0.1, 0.15) is 0 Å². The number of methoxy groups -OCH3 is 2. The molecule has 1 aliphatic heterocycles. The highest BCUT2D eigenvalue weighted by atomic mass is 16.8. The van der Waals surface area contributed by atoms with E-state index in [1.807, 2.05) is 0 Å². The van der Waals surface area contributed by atoms with Crippen molar-refractivity contribution in [2.75, 3.05) is 14.2 Å². The molecule has 0 aromatic carbocycles. The van der Waals surface area contributed by atoms with E-state index >= 15 is 0 Å². The Labute approximate surface area is 93.8 Å². The van der Waals surface area contributed by atoms with Crippen molar-refractivity contribution in [3.05, 3.63) is 0 Å². The van der Waals surface area contributed by atoms with Crippen LogP contribution in [0.25, 0.3) is 0 Å². The fourth-order valence-electron chi connectivity index (χ4n) is 1.72. The monoisotopic (exact) mass is 232 g/mol. The van der Waals surface area contributed by atoms with Gasteiger partial charge in [0.2, 0.25) is 5.60 Å². The van der Waals surface area contributed by atoms with E-state index in [1.54, 1.807) is 13.8 Å². The summed E-state index contributed by atoms with van der Waals surface area (Å²) in [4.78, 5) is 23.1. The summed E-state index contributed by atoms with van der Waals surface area (Å²) in [5.74, 6) is -2.38. The van der Waals surface area contributed by atoms with E-state index in [0.29, 0.717) is 0 Å². The lowest BCUT2D eigenvalue weighted by Crippen LogP contribution is -2.49. The van der Waals surface area contributed by atoms with Crippen LogP contribution in [0.3, 0.4) is 0 Å². The minimum Gasteiger partial charge on any atom is -0.467 e. The van der Waals surface area contributed by atoms with Gasteiger partial charge in [0, 0.05) is 0 Å². The molecular weight excluding hydrogens is 216 g/mol. The highest BCUT2D eigenvalue weighted by molar-refractivity contribution is 5.89. The van der Waals surface area contributed by atoms with Crippen molar-refractivity contribution in [1.82, 2.24) is 0 Å². The molecule has 0 aromatic rings. The number of ether oxygens (including phenoxy) is 4. The summed E-state index contributed by atoms with van der Waals surface area (Å²) in [5.41, 5.74) is -1.48.